The van der Waals surface area contributed by atoms with Gasteiger partial charge < -0.3 is 0 Å². The Labute approximate surface area is 168 Å². The first-order valence-corrected chi connectivity index (χ1v) is 11.9. The predicted octanol–water partition coefficient (Wildman–Crippen LogP) is 8.11. The molecule has 0 radical (unpaired) electrons. The Bertz CT molecular complexity index is 647. The summed E-state index contributed by atoms with van der Waals surface area (Å²) in [7, 11) is 0. The molecule has 0 heteroatoms. The Hall–Kier alpha value is -0.780. The zero-order valence-electron chi connectivity index (χ0n) is 18.6. The molecule has 0 saturated heterocycles. The van der Waals surface area contributed by atoms with Crippen LogP contribution in [-0.2, 0) is 0 Å². The number of hydrogen-bond acceptors (Lipinski definition) is 0. The summed E-state index contributed by atoms with van der Waals surface area (Å²) in [4.78, 5) is 0. The molecule has 0 heterocycles. The summed E-state index contributed by atoms with van der Waals surface area (Å²) in [6, 6.07) is 0. The van der Waals surface area contributed by atoms with E-state index < -0.39 is 0 Å². The normalized spacial score (nSPS) is 41.5. The Morgan fingerprint density at radius 2 is 1.78 bits per heavy atom. The first kappa shape index (κ1) is 19.5. The fourth-order valence-electron chi connectivity index (χ4n) is 7.66. The van der Waals surface area contributed by atoms with Crippen molar-refractivity contribution in [2.45, 2.75) is 92.4 Å². The fraction of sp³-hybridized carbons (Fsp3) is 0.778. The van der Waals surface area contributed by atoms with Gasteiger partial charge in [0.1, 0.15) is 0 Å². The summed E-state index contributed by atoms with van der Waals surface area (Å²) in [5, 5.41) is 0. The van der Waals surface area contributed by atoms with E-state index in [9.17, 15) is 0 Å². The van der Waals surface area contributed by atoms with E-state index >= 15 is 0 Å². The lowest BCUT2D eigenvalue weighted by atomic mass is 9.50. The quantitative estimate of drug-likeness (QED) is 0.431. The topological polar surface area (TPSA) is 0 Å². The molecule has 0 unspecified atom stereocenters. The van der Waals surface area contributed by atoms with Crippen molar-refractivity contribution < 1.29 is 0 Å². The van der Waals surface area contributed by atoms with Crippen LogP contribution in [0.15, 0.2) is 35.5 Å². The highest BCUT2D eigenvalue weighted by Gasteiger charge is 2.56. The molecule has 6 atom stereocenters. The first-order valence-electron chi connectivity index (χ1n) is 11.9. The van der Waals surface area contributed by atoms with E-state index in [1.54, 1.807) is 5.57 Å². The van der Waals surface area contributed by atoms with E-state index in [0.29, 0.717) is 10.8 Å². The van der Waals surface area contributed by atoms with Crippen LogP contribution in [0.25, 0.3) is 0 Å². The minimum Gasteiger partial charge on any atom is -0.0873 e. The zero-order valence-corrected chi connectivity index (χ0v) is 18.6. The highest BCUT2D eigenvalue weighted by Crippen LogP contribution is 2.65. The molecule has 0 aliphatic heterocycles. The second-order valence-electron chi connectivity index (χ2n) is 11.3. The van der Waals surface area contributed by atoms with Gasteiger partial charge in [0.15, 0.2) is 0 Å². The van der Waals surface area contributed by atoms with E-state index in [-0.39, 0.29) is 0 Å². The van der Waals surface area contributed by atoms with Crippen LogP contribution in [0.1, 0.15) is 92.4 Å². The molecule has 0 aromatic rings. The van der Waals surface area contributed by atoms with Crippen LogP contribution in [0, 0.1) is 40.4 Å². The lowest BCUT2D eigenvalue weighted by Gasteiger charge is -2.54. The molecule has 0 N–H and O–H groups in total. The van der Waals surface area contributed by atoms with Gasteiger partial charge >= 0.3 is 0 Å². The molecule has 0 spiro atoms. The highest BCUT2D eigenvalue weighted by molar-refractivity contribution is 5.40. The van der Waals surface area contributed by atoms with Crippen LogP contribution >= 0.6 is 0 Å². The van der Waals surface area contributed by atoms with Crippen LogP contribution in [0.5, 0.6) is 0 Å². The van der Waals surface area contributed by atoms with Crippen molar-refractivity contribution in [3.05, 3.63) is 35.5 Å². The zero-order chi connectivity index (χ0) is 19.2. The summed E-state index contributed by atoms with van der Waals surface area (Å²) in [6.07, 6.45) is 22.5. The SMILES string of the molecule is CC(C)CCC[C@@H](C)[C@H]1CC[C@H]2C3=CC=C4CC=CC[C@]4(C)[C@H]3CC[C@]12C. The van der Waals surface area contributed by atoms with Gasteiger partial charge in [-0.1, -0.05) is 89.3 Å². The Morgan fingerprint density at radius 1 is 0.963 bits per heavy atom. The largest absolute Gasteiger partial charge is 0.0873 e. The molecular formula is C27H42. The predicted molar refractivity (Wildman–Crippen MR) is 118 cm³/mol. The van der Waals surface area contributed by atoms with E-state index in [0.717, 1.165) is 29.6 Å². The van der Waals surface area contributed by atoms with Gasteiger partial charge in [-0.05, 0) is 78.9 Å². The van der Waals surface area contributed by atoms with Gasteiger partial charge in [0.25, 0.3) is 0 Å². The maximum absolute atomic E-state index is 2.67. The average Bonchev–Trinajstić information content (AvgIpc) is 2.98. The summed E-state index contributed by atoms with van der Waals surface area (Å²) in [5.41, 5.74) is 4.54. The van der Waals surface area contributed by atoms with Gasteiger partial charge in [-0.25, -0.2) is 0 Å². The Balaban J connectivity index is 1.53. The molecule has 0 bridgehead atoms. The van der Waals surface area contributed by atoms with E-state index in [1.165, 1.54) is 57.8 Å². The van der Waals surface area contributed by atoms with Crippen LogP contribution in [0.4, 0.5) is 0 Å². The van der Waals surface area contributed by atoms with Crippen molar-refractivity contribution in [3.63, 3.8) is 0 Å². The summed E-state index contributed by atoms with van der Waals surface area (Å²) >= 11 is 0. The Kier molecular flexibility index (Phi) is 5.23. The van der Waals surface area contributed by atoms with Gasteiger partial charge in [-0.3, -0.25) is 0 Å². The second-order valence-corrected chi connectivity index (χ2v) is 11.3. The molecular weight excluding hydrogens is 324 g/mol. The first-order chi connectivity index (χ1) is 12.9. The van der Waals surface area contributed by atoms with Crippen molar-refractivity contribution in [2.24, 2.45) is 40.4 Å². The molecule has 4 aliphatic rings. The lowest BCUT2D eigenvalue weighted by molar-refractivity contribution is 0.0536. The third-order valence-corrected chi connectivity index (χ3v) is 9.34. The number of hydrogen-bond donors (Lipinski definition) is 0. The van der Waals surface area contributed by atoms with Crippen molar-refractivity contribution >= 4 is 0 Å². The highest BCUT2D eigenvalue weighted by atomic mass is 14.6. The fourth-order valence-corrected chi connectivity index (χ4v) is 7.66. The molecule has 150 valence electrons. The van der Waals surface area contributed by atoms with Crippen molar-refractivity contribution in [1.82, 2.24) is 0 Å². The van der Waals surface area contributed by atoms with Crippen LogP contribution in [0.3, 0.4) is 0 Å². The monoisotopic (exact) mass is 366 g/mol. The smallest absolute Gasteiger partial charge is 0.00101 e. The molecule has 2 fully saturated rings. The van der Waals surface area contributed by atoms with Gasteiger partial charge in [-0.15, -0.1) is 0 Å². The van der Waals surface area contributed by atoms with E-state index in [4.69, 9.17) is 0 Å². The number of allylic oxidation sites excluding steroid dienone is 6. The molecule has 0 aromatic carbocycles. The maximum Gasteiger partial charge on any atom is -0.00101 e. The van der Waals surface area contributed by atoms with Gasteiger partial charge in [0, 0.05) is 0 Å². The van der Waals surface area contributed by atoms with E-state index in [1.807, 2.05) is 5.57 Å². The van der Waals surface area contributed by atoms with Crippen molar-refractivity contribution in [3.8, 4) is 0 Å². The molecule has 2 saturated carbocycles. The summed E-state index contributed by atoms with van der Waals surface area (Å²) in [5.74, 6) is 4.38. The van der Waals surface area contributed by atoms with E-state index in [2.05, 4.69) is 58.9 Å². The van der Waals surface area contributed by atoms with Gasteiger partial charge in [0.2, 0.25) is 0 Å². The lowest BCUT2D eigenvalue weighted by Crippen LogP contribution is -2.45. The molecule has 4 aliphatic carbocycles. The minimum absolute atomic E-state index is 0.418. The molecule has 0 nitrogen and oxygen atoms in total. The van der Waals surface area contributed by atoms with Crippen LogP contribution < -0.4 is 0 Å². The second kappa shape index (κ2) is 7.23. The van der Waals surface area contributed by atoms with Crippen molar-refractivity contribution in [2.75, 3.05) is 0 Å². The third kappa shape index (κ3) is 3.20. The van der Waals surface area contributed by atoms with Crippen molar-refractivity contribution in [1.29, 1.82) is 0 Å². The van der Waals surface area contributed by atoms with Gasteiger partial charge in [0.05, 0.1) is 0 Å². The number of rotatable bonds is 5. The minimum atomic E-state index is 0.418. The van der Waals surface area contributed by atoms with Crippen LogP contribution in [-0.4, -0.2) is 0 Å². The molecule has 27 heavy (non-hydrogen) atoms. The Morgan fingerprint density at radius 3 is 2.56 bits per heavy atom. The molecule has 0 amide bonds. The molecule has 4 rings (SSSR count). The van der Waals surface area contributed by atoms with Gasteiger partial charge in [-0.2, -0.15) is 0 Å². The molecule has 0 aromatic heterocycles. The average molecular weight is 367 g/mol. The van der Waals surface area contributed by atoms with Crippen LogP contribution in [0.2, 0.25) is 0 Å². The summed E-state index contributed by atoms with van der Waals surface area (Å²) in [6.45, 7) is 12.6. The number of fused-ring (bicyclic) bond motifs is 5. The standard InChI is InChI=1S/C27H42/c1-19(2)9-8-10-20(3)23-14-15-24-22-13-12-21-11-6-7-17-26(21,4)25(22)16-18-27(23,24)5/h6-7,12-13,19-20,23-25H,8-11,14-18H2,1-5H3/t20-,23-,24+,25+,26+,27-/m1/s1. The summed E-state index contributed by atoms with van der Waals surface area (Å²) < 4.78 is 0. The third-order valence-electron chi connectivity index (χ3n) is 9.34. The maximum atomic E-state index is 2.67.